The van der Waals surface area contributed by atoms with Crippen molar-refractivity contribution in [2.45, 2.75) is 75.7 Å². The summed E-state index contributed by atoms with van der Waals surface area (Å²) >= 11 is 1.66. The van der Waals surface area contributed by atoms with Crippen LogP contribution in [0.15, 0.2) is 36.7 Å². The van der Waals surface area contributed by atoms with Crippen molar-refractivity contribution < 1.29 is 19.1 Å². The third kappa shape index (κ3) is 6.36. The SMILES string of the molecule is CNC1CCC(Oc2ncnc3sc4c(c23)[C@@H](C[C@H](NC(=O)OCc2ccccc2)C(N)=O)CC4)CC1.Cl. The van der Waals surface area contributed by atoms with Gasteiger partial charge in [-0.1, -0.05) is 30.3 Å². The summed E-state index contributed by atoms with van der Waals surface area (Å²) in [6.45, 7) is 0.120. The molecule has 38 heavy (non-hydrogen) atoms. The van der Waals surface area contributed by atoms with E-state index in [2.05, 4.69) is 20.6 Å². The van der Waals surface area contributed by atoms with Gasteiger partial charge in [-0.25, -0.2) is 14.8 Å². The third-order valence-corrected chi connectivity index (χ3v) is 8.60. The number of nitrogens with two attached hydrogens (primary N) is 1. The number of carbonyl (C=O) groups is 2. The molecule has 5 rings (SSSR count). The van der Waals surface area contributed by atoms with Crippen molar-refractivity contribution in [2.75, 3.05) is 7.05 Å². The van der Waals surface area contributed by atoms with E-state index in [1.807, 2.05) is 37.4 Å². The van der Waals surface area contributed by atoms with Crippen molar-refractivity contribution in [3.63, 3.8) is 0 Å². The number of hydrogen-bond donors (Lipinski definition) is 3. The van der Waals surface area contributed by atoms with E-state index in [0.29, 0.717) is 18.3 Å². The van der Waals surface area contributed by atoms with Crippen molar-refractivity contribution in [3.05, 3.63) is 52.7 Å². The largest absolute Gasteiger partial charge is 0.474 e. The van der Waals surface area contributed by atoms with Crippen LogP contribution in [0, 0.1) is 0 Å². The molecule has 2 heterocycles. The molecule has 1 fully saturated rings. The van der Waals surface area contributed by atoms with E-state index >= 15 is 0 Å². The minimum absolute atomic E-state index is 0. The Hall–Kier alpha value is -2.95. The van der Waals surface area contributed by atoms with Crippen molar-refractivity contribution in [2.24, 2.45) is 5.73 Å². The van der Waals surface area contributed by atoms with Gasteiger partial charge in [0.1, 0.15) is 29.9 Å². The highest BCUT2D eigenvalue weighted by molar-refractivity contribution is 7.19. The maximum atomic E-state index is 12.4. The zero-order valence-electron chi connectivity index (χ0n) is 21.4. The predicted octanol–water partition coefficient (Wildman–Crippen LogP) is 4.22. The van der Waals surface area contributed by atoms with E-state index < -0.39 is 18.0 Å². The van der Waals surface area contributed by atoms with Gasteiger partial charge in [0.05, 0.1) is 5.39 Å². The first-order chi connectivity index (χ1) is 18.0. The predicted molar refractivity (Wildman–Crippen MR) is 149 cm³/mol. The van der Waals surface area contributed by atoms with E-state index in [4.69, 9.17) is 15.2 Å². The Bertz CT molecular complexity index is 1250. The first-order valence-corrected chi connectivity index (χ1v) is 13.7. The van der Waals surface area contributed by atoms with Crippen LogP contribution in [0.3, 0.4) is 0 Å². The van der Waals surface area contributed by atoms with Gasteiger partial charge in [0.25, 0.3) is 0 Å². The lowest BCUT2D eigenvalue weighted by Crippen LogP contribution is -2.45. The fourth-order valence-corrected chi connectivity index (χ4v) is 6.66. The summed E-state index contributed by atoms with van der Waals surface area (Å²) in [6, 6.07) is 9.08. The van der Waals surface area contributed by atoms with Crippen molar-refractivity contribution in [1.29, 1.82) is 0 Å². The number of amides is 2. The Balaban J connectivity index is 0.00000336. The van der Waals surface area contributed by atoms with Gasteiger partial charge < -0.3 is 25.8 Å². The number of rotatable bonds is 9. The molecule has 3 aromatic rings. The Morgan fingerprint density at radius 3 is 2.61 bits per heavy atom. The summed E-state index contributed by atoms with van der Waals surface area (Å²) < 4.78 is 11.7. The van der Waals surface area contributed by atoms with Gasteiger partial charge in [0.15, 0.2) is 0 Å². The van der Waals surface area contributed by atoms with E-state index in [9.17, 15) is 9.59 Å². The quantitative estimate of drug-likeness (QED) is 0.358. The number of hydrogen-bond acceptors (Lipinski definition) is 8. The van der Waals surface area contributed by atoms with Crippen LogP contribution in [-0.2, 0) is 22.6 Å². The molecule has 11 heteroatoms. The number of ether oxygens (including phenoxy) is 2. The highest BCUT2D eigenvalue weighted by atomic mass is 35.5. The minimum Gasteiger partial charge on any atom is -0.474 e. The summed E-state index contributed by atoms with van der Waals surface area (Å²) in [5.74, 6) is 0.0656. The number of aromatic nitrogens is 2. The second kappa shape index (κ2) is 12.7. The lowest BCUT2D eigenvalue weighted by molar-refractivity contribution is -0.120. The van der Waals surface area contributed by atoms with E-state index in [1.54, 1.807) is 17.7 Å². The number of carbonyl (C=O) groups excluding carboxylic acids is 2. The minimum atomic E-state index is -0.847. The molecule has 204 valence electrons. The van der Waals surface area contributed by atoms with E-state index in [1.165, 1.54) is 4.88 Å². The van der Waals surface area contributed by atoms with Crippen LogP contribution in [0.4, 0.5) is 4.79 Å². The topological polar surface area (TPSA) is 128 Å². The Labute approximate surface area is 232 Å². The maximum absolute atomic E-state index is 12.4. The van der Waals surface area contributed by atoms with Crippen LogP contribution >= 0.6 is 23.7 Å². The number of thiophene rings is 1. The summed E-state index contributed by atoms with van der Waals surface area (Å²) in [7, 11) is 2.01. The lowest BCUT2D eigenvalue weighted by atomic mass is 9.92. The normalized spacial score (nSPS) is 21.2. The zero-order chi connectivity index (χ0) is 25.8. The van der Waals surface area contributed by atoms with Crippen LogP contribution in [-0.4, -0.2) is 47.2 Å². The molecule has 2 atom stereocenters. The second-order valence-corrected chi connectivity index (χ2v) is 10.9. The number of alkyl carbamates (subject to hydrolysis) is 1. The Morgan fingerprint density at radius 2 is 1.89 bits per heavy atom. The molecular formula is C27H34ClN5O4S. The van der Waals surface area contributed by atoms with Gasteiger partial charge in [0, 0.05) is 10.9 Å². The first-order valence-electron chi connectivity index (χ1n) is 12.9. The van der Waals surface area contributed by atoms with Crippen molar-refractivity contribution in [3.8, 4) is 5.88 Å². The summed E-state index contributed by atoms with van der Waals surface area (Å²) in [4.78, 5) is 35.9. The average molecular weight is 560 g/mol. The van der Waals surface area contributed by atoms with Gasteiger partial charge in [-0.05, 0) is 69.0 Å². The molecule has 9 nitrogen and oxygen atoms in total. The number of benzene rings is 1. The molecule has 0 radical (unpaired) electrons. The monoisotopic (exact) mass is 559 g/mol. The number of halogens is 1. The Morgan fingerprint density at radius 1 is 1.13 bits per heavy atom. The highest BCUT2D eigenvalue weighted by Gasteiger charge is 2.34. The molecule has 2 aromatic heterocycles. The molecule has 0 aliphatic heterocycles. The molecule has 1 aromatic carbocycles. The fraction of sp³-hybridized carbons (Fsp3) is 0.481. The van der Waals surface area contributed by atoms with Gasteiger partial charge >= 0.3 is 6.09 Å². The van der Waals surface area contributed by atoms with Crippen LogP contribution in [0.5, 0.6) is 5.88 Å². The fourth-order valence-electron chi connectivity index (χ4n) is 5.43. The zero-order valence-corrected chi connectivity index (χ0v) is 23.0. The summed E-state index contributed by atoms with van der Waals surface area (Å²) in [6.07, 6.45) is 7.27. The Kier molecular flexibility index (Phi) is 9.40. The van der Waals surface area contributed by atoms with E-state index in [-0.39, 0.29) is 31.0 Å². The highest BCUT2D eigenvalue weighted by Crippen LogP contribution is 2.47. The molecule has 2 amide bonds. The molecule has 2 aliphatic carbocycles. The van der Waals surface area contributed by atoms with Crippen LogP contribution in [0.2, 0.25) is 0 Å². The number of aryl methyl sites for hydroxylation is 1. The van der Waals surface area contributed by atoms with Crippen LogP contribution < -0.4 is 21.1 Å². The molecule has 0 spiro atoms. The van der Waals surface area contributed by atoms with Crippen LogP contribution in [0.25, 0.3) is 10.2 Å². The number of nitrogens with zero attached hydrogens (tertiary/aromatic N) is 2. The van der Waals surface area contributed by atoms with Gasteiger partial charge in [-0.15, -0.1) is 23.7 Å². The van der Waals surface area contributed by atoms with Gasteiger partial charge in [-0.2, -0.15) is 0 Å². The van der Waals surface area contributed by atoms with Gasteiger partial charge in [-0.3, -0.25) is 4.79 Å². The third-order valence-electron chi connectivity index (χ3n) is 7.42. The van der Waals surface area contributed by atoms with Crippen molar-refractivity contribution >= 4 is 46.0 Å². The van der Waals surface area contributed by atoms with Crippen molar-refractivity contribution in [1.82, 2.24) is 20.6 Å². The van der Waals surface area contributed by atoms with Crippen LogP contribution in [0.1, 0.15) is 60.4 Å². The molecular weight excluding hydrogens is 526 g/mol. The summed E-state index contributed by atoms with van der Waals surface area (Å²) in [5.41, 5.74) is 7.69. The number of nitrogens with one attached hydrogen (secondary N) is 2. The standard InChI is InChI=1S/C27H33N5O4S.ClH/c1-29-18-8-10-19(11-9-18)36-25-23-22-17(7-12-21(22)37-26(23)31-15-30-25)13-20(24(28)33)32-27(34)35-14-16-5-3-2-4-6-16;/h2-6,15,17-20,29H,7-14H2,1H3,(H2,28,33)(H,32,34);1H/t17-,18?,19?,20+;/m1./s1. The smallest absolute Gasteiger partial charge is 0.408 e. The lowest BCUT2D eigenvalue weighted by Gasteiger charge is -2.28. The average Bonchev–Trinajstić information content (AvgIpc) is 3.48. The molecule has 1 saturated carbocycles. The molecule has 4 N–H and O–H groups in total. The summed E-state index contributed by atoms with van der Waals surface area (Å²) in [5, 5.41) is 6.97. The first kappa shape index (κ1) is 28.1. The second-order valence-electron chi connectivity index (χ2n) is 9.81. The maximum Gasteiger partial charge on any atom is 0.408 e. The number of fused-ring (bicyclic) bond motifs is 3. The van der Waals surface area contributed by atoms with E-state index in [0.717, 1.165) is 59.9 Å². The molecule has 0 saturated heterocycles. The molecule has 2 aliphatic rings. The van der Waals surface area contributed by atoms with Gasteiger partial charge in [0.2, 0.25) is 11.8 Å². The molecule has 0 bridgehead atoms. The number of primary amides is 1. The molecule has 0 unspecified atom stereocenters.